The van der Waals surface area contributed by atoms with Gasteiger partial charge in [-0.2, -0.15) is 13.2 Å². The third-order valence-electron chi connectivity index (χ3n) is 7.24. The molecule has 1 fully saturated rings. The van der Waals surface area contributed by atoms with Crippen LogP contribution < -0.4 is 0 Å². The summed E-state index contributed by atoms with van der Waals surface area (Å²) in [6.45, 7) is 6.26. The summed E-state index contributed by atoms with van der Waals surface area (Å²) in [5.41, 5.74) is 1.66. The van der Waals surface area contributed by atoms with Crippen LogP contribution in [0, 0.1) is 6.92 Å². The van der Waals surface area contributed by atoms with Crippen LogP contribution in [0.15, 0.2) is 67.0 Å². The van der Waals surface area contributed by atoms with Crippen molar-refractivity contribution in [3.63, 3.8) is 0 Å². The minimum absolute atomic E-state index is 0.0535. The van der Waals surface area contributed by atoms with Gasteiger partial charge >= 0.3 is 12.1 Å². The van der Waals surface area contributed by atoms with Crippen LogP contribution in [-0.4, -0.2) is 62.8 Å². The molecule has 0 bridgehead atoms. The first-order chi connectivity index (χ1) is 17.9. The molecule has 1 aliphatic heterocycles. The molecule has 0 aliphatic carbocycles. The lowest BCUT2D eigenvalue weighted by molar-refractivity contribution is -0.258. The molecule has 0 saturated carbocycles. The maximum absolute atomic E-state index is 13.2. The number of benzene rings is 2. The highest BCUT2D eigenvalue weighted by molar-refractivity contribution is 5.68. The van der Waals surface area contributed by atoms with Gasteiger partial charge in [0, 0.05) is 51.2 Å². The van der Waals surface area contributed by atoms with E-state index in [0.717, 1.165) is 54.4 Å². The summed E-state index contributed by atoms with van der Waals surface area (Å²) in [5, 5.41) is 19.4. The van der Waals surface area contributed by atoms with Crippen molar-refractivity contribution in [2.45, 2.75) is 51.2 Å². The highest BCUT2D eigenvalue weighted by Crippen LogP contribution is 2.39. The second-order valence-corrected chi connectivity index (χ2v) is 10.1. The van der Waals surface area contributed by atoms with E-state index in [0.29, 0.717) is 13.1 Å². The molecule has 0 radical (unpaired) electrons. The summed E-state index contributed by atoms with van der Waals surface area (Å²) in [5.74, 6) is -0.828. The number of alkyl halides is 3. The Hall–Kier alpha value is -3.27. The molecule has 3 aromatic rings. The molecule has 4 rings (SSSR count). The van der Waals surface area contributed by atoms with E-state index in [4.69, 9.17) is 0 Å². The van der Waals surface area contributed by atoms with Gasteiger partial charge in [0.15, 0.2) is 5.60 Å². The smallest absolute Gasteiger partial charge is 0.421 e. The van der Waals surface area contributed by atoms with Crippen LogP contribution in [0.5, 0.6) is 0 Å². The third kappa shape index (κ3) is 6.40. The predicted octanol–water partition coefficient (Wildman–Crippen LogP) is 4.99. The first-order valence-electron chi connectivity index (χ1n) is 12.5. The Kier molecular flexibility index (Phi) is 8.20. The lowest BCUT2D eigenvalue weighted by Crippen LogP contribution is -2.52. The van der Waals surface area contributed by atoms with Gasteiger partial charge in [-0.1, -0.05) is 42.5 Å². The summed E-state index contributed by atoms with van der Waals surface area (Å²) >= 11 is 0. The standard InChI is InChI=1S/C29H32F3N3O3/c1-20-15-22(3-8-26(20)23-4-6-24(7-5-23)28(2,38)29(30,31)32)18-35-14-13-34(19-25(35)16-27(36)37)17-21-9-11-33-12-10-21/h3-12,15,25,38H,13-14,16-19H2,1-2H3,(H,36,37). The largest absolute Gasteiger partial charge is 0.481 e. The number of carboxylic acids is 1. The predicted molar refractivity (Wildman–Crippen MR) is 138 cm³/mol. The second-order valence-electron chi connectivity index (χ2n) is 10.1. The number of piperazine rings is 1. The van der Waals surface area contributed by atoms with Gasteiger partial charge in [0.1, 0.15) is 0 Å². The number of pyridine rings is 1. The normalized spacial score (nSPS) is 18.7. The quantitative estimate of drug-likeness (QED) is 0.430. The average molecular weight is 528 g/mol. The van der Waals surface area contributed by atoms with E-state index in [2.05, 4.69) is 14.8 Å². The topological polar surface area (TPSA) is 76.9 Å². The lowest BCUT2D eigenvalue weighted by Gasteiger charge is -2.41. The molecule has 9 heteroatoms. The number of halogens is 3. The molecule has 6 nitrogen and oxygen atoms in total. The van der Waals surface area contributed by atoms with E-state index >= 15 is 0 Å². The lowest BCUT2D eigenvalue weighted by atomic mass is 9.92. The molecule has 202 valence electrons. The van der Waals surface area contributed by atoms with Gasteiger partial charge in [0.25, 0.3) is 0 Å². The van der Waals surface area contributed by atoms with Crippen LogP contribution in [0.25, 0.3) is 11.1 Å². The Morgan fingerprint density at radius 2 is 1.68 bits per heavy atom. The number of aryl methyl sites for hydroxylation is 1. The molecule has 1 aromatic heterocycles. The van der Waals surface area contributed by atoms with Gasteiger partial charge in [-0.3, -0.25) is 19.6 Å². The Bertz CT molecular complexity index is 1250. The number of carboxylic acid groups (broad SMARTS) is 1. The summed E-state index contributed by atoms with van der Waals surface area (Å²) in [6.07, 6.45) is -1.20. The molecule has 0 spiro atoms. The molecule has 38 heavy (non-hydrogen) atoms. The van der Waals surface area contributed by atoms with Gasteiger partial charge in [-0.15, -0.1) is 0 Å². The zero-order chi connectivity index (χ0) is 27.5. The van der Waals surface area contributed by atoms with Crippen LogP contribution >= 0.6 is 0 Å². The van der Waals surface area contributed by atoms with Crippen LogP contribution in [0.4, 0.5) is 13.2 Å². The Morgan fingerprint density at radius 1 is 1.00 bits per heavy atom. The molecular formula is C29H32F3N3O3. The van der Waals surface area contributed by atoms with Crippen molar-refractivity contribution in [2.75, 3.05) is 19.6 Å². The number of hydrogen-bond acceptors (Lipinski definition) is 5. The van der Waals surface area contributed by atoms with Gasteiger partial charge in [0.05, 0.1) is 6.42 Å². The van der Waals surface area contributed by atoms with Crippen molar-refractivity contribution >= 4 is 5.97 Å². The van der Waals surface area contributed by atoms with E-state index < -0.39 is 17.7 Å². The van der Waals surface area contributed by atoms with Crippen molar-refractivity contribution in [3.8, 4) is 11.1 Å². The van der Waals surface area contributed by atoms with Crippen molar-refractivity contribution < 1.29 is 28.2 Å². The van der Waals surface area contributed by atoms with E-state index in [1.54, 1.807) is 24.5 Å². The van der Waals surface area contributed by atoms with E-state index in [-0.39, 0.29) is 18.0 Å². The van der Waals surface area contributed by atoms with E-state index in [1.165, 1.54) is 12.1 Å². The molecular weight excluding hydrogens is 495 g/mol. The van der Waals surface area contributed by atoms with E-state index in [9.17, 15) is 28.2 Å². The zero-order valence-electron chi connectivity index (χ0n) is 21.4. The number of nitrogens with zero attached hydrogens (tertiary/aromatic N) is 3. The number of aliphatic hydroxyl groups is 1. The Morgan fingerprint density at radius 3 is 2.29 bits per heavy atom. The number of rotatable bonds is 8. The number of aromatic nitrogens is 1. The first-order valence-corrected chi connectivity index (χ1v) is 12.5. The van der Waals surface area contributed by atoms with Gasteiger partial charge < -0.3 is 10.2 Å². The van der Waals surface area contributed by atoms with Crippen LogP contribution in [0.1, 0.15) is 35.6 Å². The van der Waals surface area contributed by atoms with Crippen molar-refractivity contribution in [3.05, 3.63) is 89.2 Å². The maximum atomic E-state index is 13.2. The average Bonchev–Trinajstić information content (AvgIpc) is 2.85. The number of carbonyl (C=O) groups is 1. The third-order valence-corrected chi connectivity index (χ3v) is 7.24. The Labute approximate surface area is 220 Å². The zero-order valence-corrected chi connectivity index (χ0v) is 21.4. The van der Waals surface area contributed by atoms with Crippen LogP contribution in [0.3, 0.4) is 0 Å². The fourth-order valence-electron chi connectivity index (χ4n) is 4.97. The second kappa shape index (κ2) is 11.2. The van der Waals surface area contributed by atoms with Gasteiger partial charge in [-0.05, 0) is 59.4 Å². The van der Waals surface area contributed by atoms with Crippen LogP contribution in [-0.2, 0) is 23.5 Å². The highest BCUT2D eigenvalue weighted by Gasteiger charge is 2.51. The van der Waals surface area contributed by atoms with Gasteiger partial charge in [0.2, 0.25) is 0 Å². The van der Waals surface area contributed by atoms with Gasteiger partial charge in [-0.25, -0.2) is 0 Å². The Balaban J connectivity index is 1.46. The minimum Gasteiger partial charge on any atom is -0.481 e. The molecule has 2 unspecified atom stereocenters. The first kappa shape index (κ1) is 27.8. The molecule has 2 N–H and O–H groups in total. The summed E-state index contributed by atoms with van der Waals surface area (Å²) < 4.78 is 39.5. The molecule has 0 amide bonds. The number of aliphatic carboxylic acids is 1. The molecule has 1 aliphatic rings. The number of hydrogen-bond donors (Lipinski definition) is 2. The van der Waals surface area contributed by atoms with Crippen molar-refractivity contribution in [2.24, 2.45) is 0 Å². The molecule has 1 saturated heterocycles. The molecule has 2 atom stereocenters. The SMILES string of the molecule is Cc1cc(CN2CCN(Cc3ccncc3)CC2CC(=O)O)ccc1-c1ccc(C(C)(O)C(F)(F)F)cc1. The van der Waals surface area contributed by atoms with E-state index in [1.807, 2.05) is 37.3 Å². The monoisotopic (exact) mass is 527 g/mol. The minimum atomic E-state index is -4.77. The summed E-state index contributed by atoms with van der Waals surface area (Å²) in [4.78, 5) is 20.1. The maximum Gasteiger partial charge on any atom is 0.421 e. The fraction of sp³-hybridized carbons (Fsp3) is 0.379. The molecule has 2 heterocycles. The van der Waals surface area contributed by atoms with Crippen molar-refractivity contribution in [1.82, 2.24) is 14.8 Å². The fourth-order valence-corrected chi connectivity index (χ4v) is 4.97. The molecule has 2 aromatic carbocycles. The summed E-state index contributed by atoms with van der Waals surface area (Å²) in [7, 11) is 0. The summed E-state index contributed by atoms with van der Waals surface area (Å²) in [6, 6.07) is 15.5. The van der Waals surface area contributed by atoms with Crippen molar-refractivity contribution in [1.29, 1.82) is 0 Å². The van der Waals surface area contributed by atoms with Crippen LogP contribution in [0.2, 0.25) is 0 Å². The highest BCUT2D eigenvalue weighted by atomic mass is 19.4.